The highest BCUT2D eigenvalue weighted by Gasteiger charge is 2.10. The molecule has 0 aromatic rings. The Bertz CT molecular complexity index is 188. The maximum absolute atomic E-state index is 10.5. The van der Waals surface area contributed by atoms with Gasteiger partial charge in [-0.2, -0.15) is 0 Å². The third-order valence-electron chi connectivity index (χ3n) is 2.66. The van der Waals surface area contributed by atoms with Crippen LogP contribution in [0.3, 0.4) is 0 Å². The van der Waals surface area contributed by atoms with Crippen molar-refractivity contribution in [2.24, 2.45) is 0 Å². The molecule has 68 valence electrons. The Kier molecular flexibility index (Phi) is 3.32. The lowest BCUT2D eigenvalue weighted by Gasteiger charge is -2.20. The molecule has 1 aliphatic rings. The third kappa shape index (κ3) is 2.10. The van der Waals surface area contributed by atoms with E-state index in [-0.39, 0.29) is 0 Å². The van der Waals surface area contributed by atoms with Crippen LogP contribution in [0.5, 0.6) is 0 Å². The number of hydrogen-bond donors (Lipinski definition) is 0. The topological polar surface area (TPSA) is 20.3 Å². The molecular weight excluding hydrogens is 150 g/mol. The lowest BCUT2D eigenvalue weighted by molar-refractivity contribution is -0.115. The number of nitrogens with zero attached hydrogens (tertiary/aromatic N) is 1. The zero-order valence-electron chi connectivity index (χ0n) is 7.97. The quantitative estimate of drug-likeness (QED) is 0.578. The SMILES string of the molecule is CC(=C1CCCCC1)N(C)C=O. The minimum atomic E-state index is 0.886. The second kappa shape index (κ2) is 4.29. The van der Waals surface area contributed by atoms with Gasteiger partial charge in [0.2, 0.25) is 6.41 Å². The van der Waals surface area contributed by atoms with Gasteiger partial charge in [-0.1, -0.05) is 12.0 Å². The predicted octanol–water partition coefficient (Wildman–Crippen LogP) is 2.31. The lowest BCUT2D eigenvalue weighted by atomic mass is 9.93. The molecule has 12 heavy (non-hydrogen) atoms. The molecule has 1 amide bonds. The summed E-state index contributed by atoms with van der Waals surface area (Å²) in [5.41, 5.74) is 2.63. The summed E-state index contributed by atoms with van der Waals surface area (Å²) in [5, 5.41) is 0. The Morgan fingerprint density at radius 3 is 2.42 bits per heavy atom. The van der Waals surface area contributed by atoms with E-state index in [4.69, 9.17) is 0 Å². The molecule has 0 saturated heterocycles. The van der Waals surface area contributed by atoms with Crippen LogP contribution in [-0.2, 0) is 4.79 Å². The maximum atomic E-state index is 10.5. The fourth-order valence-electron chi connectivity index (χ4n) is 1.67. The molecule has 0 aromatic carbocycles. The fourth-order valence-corrected chi connectivity index (χ4v) is 1.67. The summed E-state index contributed by atoms with van der Waals surface area (Å²) >= 11 is 0. The molecule has 0 radical (unpaired) electrons. The molecule has 1 saturated carbocycles. The first-order chi connectivity index (χ1) is 5.75. The van der Waals surface area contributed by atoms with Crippen LogP contribution in [-0.4, -0.2) is 18.4 Å². The molecule has 0 aromatic heterocycles. The van der Waals surface area contributed by atoms with Gasteiger partial charge in [-0.15, -0.1) is 0 Å². The van der Waals surface area contributed by atoms with Crippen LogP contribution < -0.4 is 0 Å². The van der Waals surface area contributed by atoms with Crippen molar-refractivity contribution in [3.05, 3.63) is 11.3 Å². The number of hydrogen-bond acceptors (Lipinski definition) is 1. The van der Waals surface area contributed by atoms with Gasteiger partial charge in [-0.25, -0.2) is 0 Å². The van der Waals surface area contributed by atoms with E-state index in [1.54, 1.807) is 4.90 Å². The van der Waals surface area contributed by atoms with E-state index in [1.807, 2.05) is 14.0 Å². The molecule has 0 bridgehead atoms. The van der Waals surface area contributed by atoms with Crippen molar-refractivity contribution in [3.63, 3.8) is 0 Å². The molecule has 0 N–H and O–H groups in total. The average Bonchev–Trinajstić information content (AvgIpc) is 2.17. The normalized spacial score (nSPS) is 17.3. The predicted molar refractivity (Wildman–Crippen MR) is 49.6 cm³/mol. The number of carbonyl (C=O) groups excluding carboxylic acids is 1. The molecule has 0 unspecified atom stereocenters. The molecule has 1 fully saturated rings. The van der Waals surface area contributed by atoms with E-state index in [1.165, 1.54) is 37.7 Å². The maximum Gasteiger partial charge on any atom is 0.213 e. The van der Waals surface area contributed by atoms with E-state index in [0.717, 1.165) is 12.1 Å². The molecule has 2 nitrogen and oxygen atoms in total. The second-order valence-electron chi connectivity index (χ2n) is 3.47. The van der Waals surface area contributed by atoms with Crippen molar-refractivity contribution in [3.8, 4) is 0 Å². The van der Waals surface area contributed by atoms with Crippen LogP contribution in [0.2, 0.25) is 0 Å². The van der Waals surface area contributed by atoms with Gasteiger partial charge in [0.25, 0.3) is 0 Å². The van der Waals surface area contributed by atoms with Crippen molar-refractivity contribution in [2.45, 2.75) is 39.0 Å². The first kappa shape index (κ1) is 9.30. The third-order valence-corrected chi connectivity index (χ3v) is 2.66. The average molecular weight is 167 g/mol. The van der Waals surface area contributed by atoms with Crippen molar-refractivity contribution in [1.82, 2.24) is 4.90 Å². The molecule has 1 aliphatic carbocycles. The van der Waals surface area contributed by atoms with Crippen LogP contribution in [0.25, 0.3) is 0 Å². The smallest absolute Gasteiger partial charge is 0.213 e. The van der Waals surface area contributed by atoms with Crippen molar-refractivity contribution < 1.29 is 4.79 Å². The molecular formula is C10H17NO. The van der Waals surface area contributed by atoms with Crippen LogP contribution in [0, 0.1) is 0 Å². The number of allylic oxidation sites excluding steroid dienone is 2. The van der Waals surface area contributed by atoms with Crippen LogP contribution in [0.1, 0.15) is 39.0 Å². The zero-order chi connectivity index (χ0) is 8.97. The van der Waals surface area contributed by atoms with Gasteiger partial charge in [0, 0.05) is 12.7 Å². The van der Waals surface area contributed by atoms with Gasteiger partial charge in [0.05, 0.1) is 0 Å². The summed E-state index contributed by atoms with van der Waals surface area (Å²) < 4.78 is 0. The fraction of sp³-hybridized carbons (Fsp3) is 0.700. The Morgan fingerprint density at radius 1 is 1.33 bits per heavy atom. The van der Waals surface area contributed by atoms with Crippen molar-refractivity contribution in [1.29, 1.82) is 0 Å². The van der Waals surface area contributed by atoms with Gasteiger partial charge in [-0.3, -0.25) is 4.79 Å². The Morgan fingerprint density at radius 2 is 1.92 bits per heavy atom. The first-order valence-electron chi connectivity index (χ1n) is 4.62. The second-order valence-corrected chi connectivity index (χ2v) is 3.47. The summed E-state index contributed by atoms with van der Waals surface area (Å²) in [4.78, 5) is 12.2. The van der Waals surface area contributed by atoms with Crippen LogP contribution >= 0.6 is 0 Å². The van der Waals surface area contributed by atoms with E-state index in [0.29, 0.717) is 0 Å². The van der Waals surface area contributed by atoms with E-state index in [9.17, 15) is 4.79 Å². The van der Waals surface area contributed by atoms with Crippen LogP contribution in [0.4, 0.5) is 0 Å². The van der Waals surface area contributed by atoms with E-state index in [2.05, 4.69) is 0 Å². The van der Waals surface area contributed by atoms with Gasteiger partial charge in [-0.05, 0) is 32.6 Å². The standard InChI is InChI=1S/C10H17NO/c1-9(11(2)8-12)10-6-4-3-5-7-10/h8H,3-7H2,1-2H3. The van der Waals surface area contributed by atoms with Gasteiger partial charge < -0.3 is 4.90 Å². The van der Waals surface area contributed by atoms with Crippen LogP contribution in [0.15, 0.2) is 11.3 Å². The molecule has 2 heteroatoms. The monoisotopic (exact) mass is 167 g/mol. The highest BCUT2D eigenvalue weighted by molar-refractivity contribution is 5.50. The summed E-state index contributed by atoms with van der Waals surface area (Å²) in [6.45, 7) is 2.04. The van der Waals surface area contributed by atoms with Crippen molar-refractivity contribution in [2.75, 3.05) is 7.05 Å². The molecule has 0 atom stereocenters. The number of rotatable bonds is 2. The van der Waals surface area contributed by atoms with Gasteiger partial charge >= 0.3 is 0 Å². The zero-order valence-corrected chi connectivity index (χ0v) is 7.97. The molecule has 0 spiro atoms. The largest absolute Gasteiger partial charge is 0.322 e. The Balaban J connectivity index is 2.65. The summed E-state index contributed by atoms with van der Waals surface area (Å²) in [5.74, 6) is 0. The number of amides is 1. The highest BCUT2D eigenvalue weighted by Crippen LogP contribution is 2.26. The Hall–Kier alpha value is -0.790. The van der Waals surface area contributed by atoms with Gasteiger partial charge in [0.1, 0.15) is 0 Å². The van der Waals surface area contributed by atoms with E-state index < -0.39 is 0 Å². The molecule has 1 rings (SSSR count). The van der Waals surface area contributed by atoms with Gasteiger partial charge in [0.15, 0.2) is 0 Å². The molecule has 0 aliphatic heterocycles. The van der Waals surface area contributed by atoms with E-state index >= 15 is 0 Å². The Labute approximate surface area is 74.2 Å². The minimum absolute atomic E-state index is 0.886. The molecule has 0 heterocycles. The summed E-state index contributed by atoms with van der Waals surface area (Å²) in [6, 6.07) is 0. The summed E-state index contributed by atoms with van der Waals surface area (Å²) in [6.07, 6.45) is 7.19. The highest BCUT2D eigenvalue weighted by atomic mass is 16.1. The lowest BCUT2D eigenvalue weighted by Crippen LogP contribution is -2.16. The van der Waals surface area contributed by atoms with Crippen molar-refractivity contribution >= 4 is 6.41 Å². The minimum Gasteiger partial charge on any atom is -0.322 e. The first-order valence-corrected chi connectivity index (χ1v) is 4.62. The summed E-state index contributed by atoms with van der Waals surface area (Å²) in [7, 11) is 1.82. The number of carbonyl (C=O) groups is 1.